The molecule has 1 fully saturated rings. The van der Waals surface area contributed by atoms with Crippen LogP contribution >= 0.6 is 0 Å². The molecule has 0 unspecified atom stereocenters. The van der Waals surface area contributed by atoms with E-state index < -0.39 is 6.04 Å². The van der Waals surface area contributed by atoms with Gasteiger partial charge in [0.2, 0.25) is 11.8 Å². The molecule has 0 spiro atoms. The number of carbonyl (C=O) groups is 2. The lowest BCUT2D eigenvalue weighted by Crippen LogP contribution is -2.34. The Balaban J connectivity index is 2.02. The molecule has 0 radical (unpaired) electrons. The van der Waals surface area contributed by atoms with Gasteiger partial charge in [0.15, 0.2) is 0 Å². The van der Waals surface area contributed by atoms with Crippen LogP contribution in [0.1, 0.15) is 26.2 Å². The first-order chi connectivity index (χ1) is 9.11. The number of benzene rings is 1. The summed E-state index contributed by atoms with van der Waals surface area (Å²) in [5.41, 5.74) is 7.22. The molecule has 0 aliphatic carbocycles. The van der Waals surface area contributed by atoms with Crippen LogP contribution in [0.4, 0.5) is 11.4 Å². The third-order valence-electron chi connectivity index (χ3n) is 3.30. The van der Waals surface area contributed by atoms with Gasteiger partial charge in [-0.15, -0.1) is 0 Å². The number of nitrogens with one attached hydrogen (secondary N) is 1. The predicted octanol–water partition coefficient (Wildman–Crippen LogP) is 1.49. The van der Waals surface area contributed by atoms with Gasteiger partial charge in [-0.25, -0.2) is 0 Å². The van der Waals surface area contributed by atoms with E-state index in [-0.39, 0.29) is 11.8 Å². The lowest BCUT2D eigenvalue weighted by molar-refractivity contribution is -0.118. The summed E-state index contributed by atoms with van der Waals surface area (Å²) in [4.78, 5) is 25.0. The van der Waals surface area contributed by atoms with E-state index in [4.69, 9.17) is 5.73 Å². The molecule has 1 heterocycles. The molecule has 0 aromatic heterocycles. The fourth-order valence-electron chi connectivity index (χ4n) is 2.07. The average Bonchev–Trinajstić information content (AvgIpc) is 2.85. The van der Waals surface area contributed by atoms with Gasteiger partial charge in [-0.05, 0) is 37.1 Å². The molecule has 5 nitrogen and oxygen atoms in total. The summed E-state index contributed by atoms with van der Waals surface area (Å²) in [6.07, 6.45) is 2.12. The van der Waals surface area contributed by atoms with Crippen LogP contribution in [0.25, 0.3) is 0 Å². The van der Waals surface area contributed by atoms with Crippen LogP contribution in [0, 0.1) is 0 Å². The molecule has 1 aromatic carbocycles. The van der Waals surface area contributed by atoms with Crippen molar-refractivity contribution in [3.63, 3.8) is 0 Å². The van der Waals surface area contributed by atoms with Gasteiger partial charge in [0, 0.05) is 24.3 Å². The zero-order chi connectivity index (χ0) is 13.8. The third-order valence-corrected chi connectivity index (χ3v) is 3.30. The molecule has 1 atom stereocenters. The van der Waals surface area contributed by atoms with E-state index in [1.807, 2.05) is 19.1 Å². The molecule has 0 bridgehead atoms. The van der Waals surface area contributed by atoms with Gasteiger partial charge in [0.1, 0.15) is 0 Å². The highest BCUT2D eigenvalue weighted by Gasteiger charge is 2.21. The Bertz CT molecular complexity index is 470. The van der Waals surface area contributed by atoms with Gasteiger partial charge in [0.25, 0.3) is 0 Å². The second-order valence-electron chi connectivity index (χ2n) is 4.70. The summed E-state index contributed by atoms with van der Waals surface area (Å²) in [6, 6.07) is 6.79. The first kappa shape index (κ1) is 13.5. The van der Waals surface area contributed by atoms with Crippen molar-refractivity contribution in [2.24, 2.45) is 5.73 Å². The minimum atomic E-state index is -0.486. The van der Waals surface area contributed by atoms with Crippen LogP contribution in [0.15, 0.2) is 24.3 Å². The molecule has 3 N–H and O–H groups in total. The largest absolute Gasteiger partial charge is 0.325 e. The summed E-state index contributed by atoms with van der Waals surface area (Å²) < 4.78 is 0. The first-order valence-electron chi connectivity index (χ1n) is 6.58. The van der Waals surface area contributed by atoms with Crippen molar-refractivity contribution in [3.05, 3.63) is 24.3 Å². The van der Waals surface area contributed by atoms with Gasteiger partial charge in [-0.3, -0.25) is 9.59 Å². The van der Waals surface area contributed by atoms with Crippen LogP contribution < -0.4 is 16.0 Å². The molecule has 19 heavy (non-hydrogen) atoms. The SMILES string of the molecule is CC[C@H](N)C(=O)Nc1ccc(N2CCCC2=O)cc1. The van der Waals surface area contributed by atoms with Crippen molar-refractivity contribution in [1.29, 1.82) is 0 Å². The second-order valence-corrected chi connectivity index (χ2v) is 4.70. The monoisotopic (exact) mass is 261 g/mol. The van der Waals surface area contributed by atoms with Gasteiger partial charge in [-0.1, -0.05) is 6.92 Å². The highest BCUT2D eigenvalue weighted by Crippen LogP contribution is 2.23. The zero-order valence-electron chi connectivity index (χ0n) is 11.1. The molecule has 5 heteroatoms. The summed E-state index contributed by atoms with van der Waals surface area (Å²) in [5.74, 6) is -0.0303. The Morgan fingerprint density at radius 2 is 2.11 bits per heavy atom. The number of hydrogen-bond acceptors (Lipinski definition) is 3. The topological polar surface area (TPSA) is 75.4 Å². The molecule has 0 saturated carbocycles. The van der Waals surface area contributed by atoms with Crippen LogP contribution in [0.3, 0.4) is 0 Å². The molecule has 1 aliphatic heterocycles. The normalized spacial score (nSPS) is 16.5. The molecule has 2 rings (SSSR count). The van der Waals surface area contributed by atoms with E-state index in [0.29, 0.717) is 18.5 Å². The van der Waals surface area contributed by atoms with E-state index in [9.17, 15) is 9.59 Å². The van der Waals surface area contributed by atoms with Crippen molar-refractivity contribution in [1.82, 2.24) is 0 Å². The van der Waals surface area contributed by atoms with E-state index in [1.165, 1.54) is 0 Å². The van der Waals surface area contributed by atoms with Crippen molar-refractivity contribution >= 4 is 23.2 Å². The molecule has 2 amide bonds. The lowest BCUT2D eigenvalue weighted by atomic mass is 10.2. The maximum absolute atomic E-state index is 11.6. The highest BCUT2D eigenvalue weighted by atomic mass is 16.2. The number of anilines is 2. The number of nitrogens with two attached hydrogens (primary N) is 1. The molecule has 102 valence electrons. The third kappa shape index (κ3) is 3.12. The van der Waals surface area contributed by atoms with Gasteiger partial charge in [-0.2, -0.15) is 0 Å². The zero-order valence-corrected chi connectivity index (χ0v) is 11.1. The van der Waals surface area contributed by atoms with Crippen LogP contribution in [0.2, 0.25) is 0 Å². The summed E-state index contributed by atoms with van der Waals surface area (Å²) >= 11 is 0. The highest BCUT2D eigenvalue weighted by molar-refractivity contribution is 5.97. The first-order valence-corrected chi connectivity index (χ1v) is 6.58. The smallest absolute Gasteiger partial charge is 0.241 e. The van der Waals surface area contributed by atoms with E-state index in [1.54, 1.807) is 17.0 Å². The molecule has 1 saturated heterocycles. The number of hydrogen-bond donors (Lipinski definition) is 2. The standard InChI is InChI=1S/C14H19N3O2/c1-2-12(15)14(19)16-10-5-7-11(8-6-10)17-9-3-4-13(17)18/h5-8,12H,2-4,9,15H2,1H3,(H,16,19)/t12-/m0/s1. The minimum Gasteiger partial charge on any atom is -0.325 e. The number of amides is 2. The average molecular weight is 261 g/mol. The van der Waals surface area contributed by atoms with E-state index in [0.717, 1.165) is 18.7 Å². The summed E-state index contributed by atoms with van der Waals surface area (Å²) in [7, 11) is 0. The Morgan fingerprint density at radius 1 is 1.42 bits per heavy atom. The minimum absolute atomic E-state index is 0.157. The Hall–Kier alpha value is -1.88. The Kier molecular flexibility index (Phi) is 4.16. The summed E-state index contributed by atoms with van der Waals surface area (Å²) in [6.45, 7) is 2.64. The maximum Gasteiger partial charge on any atom is 0.241 e. The molecular formula is C14H19N3O2. The maximum atomic E-state index is 11.6. The predicted molar refractivity (Wildman–Crippen MR) is 74.9 cm³/mol. The second kappa shape index (κ2) is 5.84. The number of rotatable bonds is 4. The van der Waals surface area contributed by atoms with Crippen LogP contribution in [-0.4, -0.2) is 24.4 Å². The van der Waals surface area contributed by atoms with E-state index >= 15 is 0 Å². The van der Waals surface area contributed by atoms with Gasteiger partial charge >= 0.3 is 0 Å². The van der Waals surface area contributed by atoms with Crippen molar-refractivity contribution in [3.8, 4) is 0 Å². The Morgan fingerprint density at radius 3 is 2.63 bits per heavy atom. The van der Waals surface area contributed by atoms with Crippen LogP contribution in [-0.2, 0) is 9.59 Å². The summed E-state index contributed by atoms with van der Waals surface area (Å²) in [5, 5.41) is 2.75. The fraction of sp³-hybridized carbons (Fsp3) is 0.429. The molecule has 1 aromatic rings. The van der Waals surface area contributed by atoms with Crippen molar-refractivity contribution in [2.75, 3.05) is 16.8 Å². The van der Waals surface area contributed by atoms with Gasteiger partial charge in [0.05, 0.1) is 6.04 Å². The Labute approximate surface area is 112 Å². The van der Waals surface area contributed by atoms with Crippen molar-refractivity contribution in [2.45, 2.75) is 32.2 Å². The molecular weight excluding hydrogens is 242 g/mol. The van der Waals surface area contributed by atoms with Crippen molar-refractivity contribution < 1.29 is 9.59 Å². The molecule has 1 aliphatic rings. The fourth-order valence-corrected chi connectivity index (χ4v) is 2.07. The quantitative estimate of drug-likeness (QED) is 0.862. The number of carbonyl (C=O) groups excluding carboxylic acids is 2. The van der Waals surface area contributed by atoms with Gasteiger partial charge < -0.3 is 16.0 Å². The lowest BCUT2D eigenvalue weighted by Gasteiger charge is -2.16. The number of nitrogens with zero attached hydrogens (tertiary/aromatic N) is 1. The van der Waals surface area contributed by atoms with E-state index in [2.05, 4.69) is 5.32 Å². The van der Waals surface area contributed by atoms with Crippen LogP contribution in [0.5, 0.6) is 0 Å².